The van der Waals surface area contributed by atoms with Gasteiger partial charge in [-0.1, -0.05) is 26.0 Å². The first-order valence-electron chi connectivity index (χ1n) is 8.17. The summed E-state index contributed by atoms with van der Waals surface area (Å²) in [6.07, 6.45) is 0.719. The van der Waals surface area contributed by atoms with Crippen molar-refractivity contribution in [2.45, 2.75) is 33.7 Å². The lowest BCUT2D eigenvalue weighted by atomic mass is 10.3. The quantitative estimate of drug-likeness (QED) is 0.737. The second-order valence-electron chi connectivity index (χ2n) is 6.45. The van der Waals surface area contributed by atoms with Gasteiger partial charge in [0.1, 0.15) is 11.6 Å². The van der Waals surface area contributed by atoms with Crippen LogP contribution < -0.4 is 5.32 Å². The molecule has 24 heavy (non-hydrogen) atoms. The van der Waals surface area contributed by atoms with Crippen LogP contribution in [0.5, 0.6) is 0 Å². The Morgan fingerprint density at radius 2 is 2.00 bits per heavy atom. The molecule has 132 valence electrons. The molecule has 1 N–H and O–H groups in total. The van der Waals surface area contributed by atoms with Crippen LogP contribution in [0, 0.1) is 12.8 Å². The predicted molar refractivity (Wildman–Crippen MR) is 95.6 cm³/mol. The smallest absolute Gasteiger partial charge is 0.235 e. The third kappa shape index (κ3) is 5.06. The van der Waals surface area contributed by atoms with Crippen molar-refractivity contribution in [2.75, 3.05) is 18.1 Å². The molecule has 6 nitrogen and oxygen atoms in total. The number of fused-ring (bicyclic) bond motifs is 1. The summed E-state index contributed by atoms with van der Waals surface area (Å²) >= 11 is 0. The molecule has 0 saturated heterocycles. The number of amides is 1. The van der Waals surface area contributed by atoms with Crippen LogP contribution in [-0.2, 0) is 21.2 Å². The molecule has 0 atom stereocenters. The maximum atomic E-state index is 11.8. The number of para-hydroxylation sites is 2. The molecule has 0 aliphatic carbocycles. The molecule has 2 aromatic rings. The summed E-state index contributed by atoms with van der Waals surface area (Å²) in [6.45, 7) is 6.78. The van der Waals surface area contributed by atoms with E-state index < -0.39 is 21.5 Å². The minimum atomic E-state index is -3.32. The molecule has 2 rings (SSSR count). The molecule has 0 aliphatic rings. The number of carbonyl (C=O) groups is 1. The second-order valence-corrected chi connectivity index (χ2v) is 8.56. The Kier molecular flexibility index (Phi) is 5.99. The topological polar surface area (TPSA) is 81.1 Å². The highest BCUT2D eigenvalue weighted by Gasteiger charge is 2.17. The minimum absolute atomic E-state index is 0.0281. The van der Waals surface area contributed by atoms with Gasteiger partial charge in [-0.25, -0.2) is 13.4 Å². The van der Waals surface area contributed by atoms with Crippen LogP contribution in [0.15, 0.2) is 24.3 Å². The van der Waals surface area contributed by atoms with Crippen molar-refractivity contribution >= 4 is 26.8 Å². The zero-order valence-corrected chi connectivity index (χ0v) is 15.3. The molecule has 0 radical (unpaired) electrons. The predicted octanol–water partition coefficient (Wildman–Crippen LogP) is 1.92. The van der Waals surface area contributed by atoms with Crippen LogP contribution in [0.3, 0.4) is 0 Å². The molecular weight excluding hydrogens is 326 g/mol. The number of rotatable bonds is 8. The van der Waals surface area contributed by atoms with Gasteiger partial charge in [0.25, 0.3) is 0 Å². The van der Waals surface area contributed by atoms with Gasteiger partial charge in [-0.2, -0.15) is 0 Å². The van der Waals surface area contributed by atoms with Crippen molar-refractivity contribution < 1.29 is 13.2 Å². The van der Waals surface area contributed by atoms with Crippen molar-refractivity contribution in [2.24, 2.45) is 5.92 Å². The molecule has 1 heterocycles. The molecule has 0 saturated carbocycles. The fourth-order valence-electron chi connectivity index (χ4n) is 2.76. The van der Waals surface area contributed by atoms with E-state index in [-0.39, 0.29) is 11.7 Å². The van der Waals surface area contributed by atoms with Crippen molar-refractivity contribution in [3.63, 3.8) is 0 Å². The van der Waals surface area contributed by atoms with Gasteiger partial charge in [0, 0.05) is 13.1 Å². The Bertz CT molecular complexity index is 810. The molecule has 0 unspecified atom stereocenters. The number of hydrogen-bond acceptors (Lipinski definition) is 4. The van der Waals surface area contributed by atoms with E-state index in [1.807, 2.05) is 45.0 Å². The van der Waals surface area contributed by atoms with E-state index >= 15 is 0 Å². The summed E-state index contributed by atoms with van der Waals surface area (Å²) in [6, 6.07) is 7.92. The average molecular weight is 351 g/mol. The zero-order chi connectivity index (χ0) is 17.7. The summed E-state index contributed by atoms with van der Waals surface area (Å²) in [7, 11) is -3.32. The second kappa shape index (κ2) is 7.79. The number of benzene rings is 1. The van der Waals surface area contributed by atoms with Crippen molar-refractivity contribution in [3.05, 3.63) is 30.1 Å². The van der Waals surface area contributed by atoms with Crippen LogP contribution in [0.1, 0.15) is 26.1 Å². The van der Waals surface area contributed by atoms with E-state index in [9.17, 15) is 13.2 Å². The van der Waals surface area contributed by atoms with Gasteiger partial charge in [-0.3, -0.25) is 4.79 Å². The van der Waals surface area contributed by atoms with Crippen LogP contribution in [0.25, 0.3) is 11.0 Å². The highest BCUT2D eigenvalue weighted by molar-refractivity contribution is 7.92. The lowest BCUT2D eigenvalue weighted by Gasteiger charge is -2.09. The van der Waals surface area contributed by atoms with E-state index in [2.05, 4.69) is 14.9 Å². The number of hydrogen-bond donors (Lipinski definition) is 1. The van der Waals surface area contributed by atoms with E-state index in [0.717, 1.165) is 29.8 Å². The van der Waals surface area contributed by atoms with Gasteiger partial charge < -0.3 is 9.88 Å². The summed E-state index contributed by atoms with van der Waals surface area (Å²) < 4.78 is 25.7. The number of nitrogens with one attached hydrogen (secondary N) is 1. The highest BCUT2D eigenvalue weighted by Crippen LogP contribution is 2.15. The van der Waals surface area contributed by atoms with E-state index in [4.69, 9.17) is 0 Å². The van der Waals surface area contributed by atoms with Gasteiger partial charge in [-0.15, -0.1) is 0 Å². The van der Waals surface area contributed by atoms with Crippen molar-refractivity contribution in [1.82, 2.24) is 14.9 Å². The minimum Gasteiger partial charge on any atom is -0.355 e. The van der Waals surface area contributed by atoms with Crippen molar-refractivity contribution in [1.29, 1.82) is 0 Å². The number of sulfone groups is 1. The molecule has 1 aromatic carbocycles. The number of aryl methyl sites for hydroxylation is 2. The van der Waals surface area contributed by atoms with Crippen LogP contribution in [0.4, 0.5) is 0 Å². The lowest BCUT2D eigenvalue weighted by molar-refractivity contribution is -0.118. The largest absolute Gasteiger partial charge is 0.355 e. The Hall–Kier alpha value is -1.89. The third-order valence-electron chi connectivity index (χ3n) is 3.66. The molecular formula is C17H25N3O3S. The molecule has 0 aliphatic heterocycles. The number of imidazole rings is 1. The SMILES string of the molecule is Cc1nc2ccccc2n1CCCNC(=O)CS(=O)(=O)CC(C)C. The first kappa shape index (κ1) is 18.4. The molecule has 1 aromatic heterocycles. The van der Waals surface area contributed by atoms with Gasteiger partial charge >= 0.3 is 0 Å². The summed E-state index contributed by atoms with van der Waals surface area (Å²) in [4.78, 5) is 16.3. The first-order chi connectivity index (χ1) is 11.3. The van der Waals surface area contributed by atoms with Gasteiger partial charge in [0.05, 0.1) is 16.8 Å². The summed E-state index contributed by atoms with van der Waals surface area (Å²) in [5.74, 6) is 0.143. The van der Waals surface area contributed by atoms with Crippen LogP contribution >= 0.6 is 0 Å². The number of nitrogens with zero attached hydrogens (tertiary/aromatic N) is 2. The van der Waals surface area contributed by atoms with Gasteiger partial charge in [-0.05, 0) is 31.4 Å². The van der Waals surface area contributed by atoms with Crippen molar-refractivity contribution in [3.8, 4) is 0 Å². The fraction of sp³-hybridized carbons (Fsp3) is 0.529. The number of aromatic nitrogens is 2. The fourth-order valence-corrected chi connectivity index (χ4v) is 4.40. The molecule has 7 heteroatoms. The molecule has 1 amide bonds. The normalized spacial score (nSPS) is 12.0. The summed E-state index contributed by atoms with van der Waals surface area (Å²) in [5, 5.41) is 2.69. The maximum Gasteiger partial charge on any atom is 0.235 e. The lowest BCUT2D eigenvalue weighted by Crippen LogP contribution is -2.33. The van der Waals surface area contributed by atoms with E-state index in [1.54, 1.807) is 0 Å². The first-order valence-corrected chi connectivity index (χ1v) is 9.99. The van der Waals surface area contributed by atoms with Gasteiger partial charge in [0.2, 0.25) is 5.91 Å². The van der Waals surface area contributed by atoms with E-state index in [0.29, 0.717) is 6.54 Å². The monoisotopic (exact) mass is 351 g/mol. The third-order valence-corrected chi connectivity index (χ3v) is 5.54. The Morgan fingerprint density at radius 3 is 2.71 bits per heavy atom. The molecule has 0 fully saturated rings. The van der Waals surface area contributed by atoms with Gasteiger partial charge in [0.15, 0.2) is 9.84 Å². The van der Waals surface area contributed by atoms with Crippen LogP contribution in [0.2, 0.25) is 0 Å². The van der Waals surface area contributed by atoms with E-state index in [1.165, 1.54) is 0 Å². The molecule has 0 bridgehead atoms. The Balaban J connectivity index is 1.82. The zero-order valence-electron chi connectivity index (χ0n) is 14.4. The average Bonchev–Trinajstić information content (AvgIpc) is 2.77. The molecule has 0 spiro atoms. The Morgan fingerprint density at radius 1 is 1.29 bits per heavy atom. The highest BCUT2D eigenvalue weighted by atomic mass is 32.2. The number of carbonyl (C=O) groups excluding carboxylic acids is 1. The summed E-state index contributed by atoms with van der Waals surface area (Å²) in [5.41, 5.74) is 2.03. The standard InChI is InChI=1S/C17H25N3O3S/c1-13(2)11-24(22,23)12-17(21)18-9-6-10-20-14(3)19-15-7-4-5-8-16(15)20/h4-5,7-8,13H,6,9-12H2,1-3H3,(H,18,21). The van der Waals surface area contributed by atoms with Crippen LogP contribution in [-0.4, -0.2) is 41.9 Å². The Labute approximate surface area is 143 Å². The maximum absolute atomic E-state index is 11.8.